The van der Waals surface area contributed by atoms with Crippen LogP contribution < -0.4 is 16.4 Å². The van der Waals surface area contributed by atoms with E-state index in [9.17, 15) is 14.4 Å². The molecule has 0 bridgehead atoms. The molecule has 38 heavy (non-hydrogen) atoms. The second kappa shape index (κ2) is 15.5. The van der Waals surface area contributed by atoms with Crippen LogP contribution in [0.4, 0.5) is 0 Å². The normalized spacial score (nSPS) is 12.4. The number of amides is 3. The van der Waals surface area contributed by atoms with Gasteiger partial charge in [0.15, 0.2) is 0 Å². The number of fused-ring (bicyclic) bond motifs is 1. The Morgan fingerprint density at radius 1 is 0.947 bits per heavy atom. The van der Waals surface area contributed by atoms with Crippen molar-refractivity contribution in [2.24, 2.45) is 17.1 Å². The standard InChI is InChI=1S/C29H43N3O4.C2H6/c1-20(2)29(5,6)36-19-17-28(3,4)27(35)31-18-10-9-16-24(25(30)33)32-26(34)23-15-11-13-21-12-7-8-14-22(21)23;1-2/h7-8,11-15,20,24H,9-10,16-19H2,1-6H3,(H2,30,33)(H,31,35)(H,32,34);1-2H3. The van der Waals surface area contributed by atoms with Crippen LogP contribution in [0.25, 0.3) is 10.8 Å². The third-order valence-corrected chi connectivity index (χ3v) is 7.09. The van der Waals surface area contributed by atoms with Gasteiger partial charge in [-0.25, -0.2) is 0 Å². The molecule has 1 unspecified atom stereocenters. The molecule has 2 rings (SSSR count). The molecule has 0 radical (unpaired) electrons. The number of benzene rings is 2. The number of hydrogen-bond donors (Lipinski definition) is 3. The molecule has 1 atom stereocenters. The third kappa shape index (κ3) is 10.1. The Balaban J connectivity index is 0.00000352. The molecule has 2 aromatic carbocycles. The van der Waals surface area contributed by atoms with E-state index in [-0.39, 0.29) is 17.4 Å². The first-order valence-electron chi connectivity index (χ1n) is 13.9. The summed E-state index contributed by atoms with van der Waals surface area (Å²) in [7, 11) is 0. The van der Waals surface area contributed by atoms with E-state index in [1.54, 1.807) is 6.07 Å². The highest BCUT2D eigenvalue weighted by atomic mass is 16.5. The fourth-order valence-electron chi connectivity index (χ4n) is 3.71. The minimum absolute atomic E-state index is 0.0239. The highest BCUT2D eigenvalue weighted by Gasteiger charge is 2.29. The molecule has 7 heteroatoms. The number of hydrogen-bond acceptors (Lipinski definition) is 4. The molecule has 0 heterocycles. The van der Waals surface area contributed by atoms with Crippen LogP contribution in [-0.4, -0.2) is 42.5 Å². The zero-order valence-corrected chi connectivity index (χ0v) is 24.6. The smallest absolute Gasteiger partial charge is 0.252 e. The maximum absolute atomic E-state index is 12.9. The Morgan fingerprint density at radius 2 is 1.58 bits per heavy atom. The molecule has 212 valence electrons. The van der Waals surface area contributed by atoms with Crippen molar-refractivity contribution in [2.75, 3.05) is 13.2 Å². The summed E-state index contributed by atoms with van der Waals surface area (Å²) in [6.45, 7) is 17.2. The van der Waals surface area contributed by atoms with E-state index in [2.05, 4.69) is 38.3 Å². The van der Waals surface area contributed by atoms with Gasteiger partial charge < -0.3 is 21.1 Å². The summed E-state index contributed by atoms with van der Waals surface area (Å²) in [5.74, 6) is -0.536. The van der Waals surface area contributed by atoms with Crippen LogP contribution in [0.2, 0.25) is 0 Å². The molecule has 0 spiro atoms. The minimum atomic E-state index is -0.773. The lowest BCUT2D eigenvalue weighted by Crippen LogP contribution is -2.44. The van der Waals surface area contributed by atoms with Gasteiger partial charge in [-0.15, -0.1) is 0 Å². The number of nitrogens with two attached hydrogens (primary N) is 1. The summed E-state index contributed by atoms with van der Waals surface area (Å²) in [4.78, 5) is 37.5. The summed E-state index contributed by atoms with van der Waals surface area (Å²) < 4.78 is 6.00. The molecule has 0 aliphatic heterocycles. The van der Waals surface area contributed by atoms with Gasteiger partial charge in [0.05, 0.1) is 5.60 Å². The van der Waals surface area contributed by atoms with E-state index in [1.165, 1.54) is 0 Å². The number of carbonyl (C=O) groups is 3. The maximum atomic E-state index is 12.9. The first-order chi connectivity index (χ1) is 17.8. The number of rotatable bonds is 14. The van der Waals surface area contributed by atoms with Gasteiger partial charge in [-0.1, -0.05) is 77.9 Å². The van der Waals surface area contributed by atoms with Gasteiger partial charge in [-0.2, -0.15) is 0 Å². The average Bonchev–Trinajstić information content (AvgIpc) is 2.87. The number of carbonyl (C=O) groups excluding carboxylic acids is 3. The van der Waals surface area contributed by atoms with E-state index < -0.39 is 17.4 Å². The van der Waals surface area contributed by atoms with Gasteiger partial charge in [0.2, 0.25) is 11.8 Å². The topological polar surface area (TPSA) is 111 Å². The Kier molecular flexibility index (Phi) is 13.5. The Labute approximate surface area is 229 Å². The second-order valence-electron chi connectivity index (χ2n) is 10.9. The van der Waals surface area contributed by atoms with Crippen LogP contribution in [-0.2, 0) is 14.3 Å². The lowest BCUT2D eigenvalue weighted by Gasteiger charge is -2.31. The van der Waals surface area contributed by atoms with Crippen molar-refractivity contribution in [3.05, 3.63) is 48.0 Å². The summed E-state index contributed by atoms with van der Waals surface area (Å²) >= 11 is 0. The number of nitrogens with one attached hydrogen (secondary N) is 2. The molecule has 7 nitrogen and oxygen atoms in total. The van der Waals surface area contributed by atoms with Crippen molar-refractivity contribution < 1.29 is 19.1 Å². The van der Waals surface area contributed by atoms with Gasteiger partial charge in [-0.3, -0.25) is 14.4 Å². The fraction of sp³-hybridized carbons (Fsp3) is 0.581. The molecule has 0 aliphatic rings. The van der Waals surface area contributed by atoms with E-state index in [1.807, 2.05) is 64.1 Å². The molecular formula is C31H49N3O4. The largest absolute Gasteiger partial charge is 0.375 e. The lowest BCUT2D eigenvalue weighted by atomic mass is 9.88. The monoisotopic (exact) mass is 527 g/mol. The van der Waals surface area contributed by atoms with Crippen LogP contribution in [0.1, 0.15) is 91.4 Å². The van der Waals surface area contributed by atoms with Crippen LogP contribution in [0, 0.1) is 11.3 Å². The Hall–Kier alpha value is -2.93. The van der Waals surface area contributed by atoms with E-state index in [4.69, 9.17) is 10.5 Å². The molecule has 4 N–H and O–H groups in total. The molecule has 3 amide bonds. The van der Waals surface area contributed by atoms with Crippen LogP contribution in [0.15, 0.2) is 42.5 Å². The van der Waals surface area contributed by atoms with Crippen molar-refractivity contribution in [3.63, 3.8) is 0 Å². The van der Waals surface area contributed by atoms with Crippen molar-refractivity contribution >= 4 is 28.5 Å². The summed E-state index contributed by atoms with van der Waals surface area (Å²) in [5, 5.41) is 7.54. The fourth-order valence-corrected chi connectivity index (χ4v) is 3.71. The first kappa shape index (κ1) is 33.1. The third-order valence-electron chi connectivity index (χ3n) is 7.09. The summed E-state index contributed by atoms with van der Waals surface area (Å²) in [5.41, 5.74) is 5.29. The molecule has 0 saturated heterocycles. The zero-order valence-electron chi connectivity index (χ0n) is 24.6. The van der Waals surface area contributed by atoms with Crippen LogP contribution in [0.3, 0.4) is 0 Å². The highest BCUT2D eigenvalue weighted by molar-refractivity contribution is 6.08. The van der Waals surface area contributed by atoms with Gasteiger partial charge >= 0.3 is 0 Å². The molecular weight excluding hydrogens is 478 g/mol. The summed E-state index contributed by atoms with van der Waals surface area (Å²) in [6.07, 6.45) is 2.34. The van der Waals surface area contributed by atoms with Gasteiger partial charge in [0.25, 0.3) is 5.91 Å². The average molecular weight is 528 g/mol. The number of primary amides is 1. The number of ether oxygens (including phenoxy) is 1. The SMILES string of the molecule is CC.CC(C)C(C)(C)OCCC(C)(C)C(=O)NCCCCC(NC(=O)c1cccc2ccccc12)C(N)=O. The van der Waals surface area contributed by atoms with Gasteiger partial charge in [-0.05, 0) is 62.3 Å². The van der Waals surface area contributed by atoms with Gasteiger partial charge in [0.1, 0.15) is 6.04 Å². The second-order valence-corrected chi connectivity index (χ2v) is 10.9. The van der Waals surface area contributed by atoms with Crippen molar-refractivity contribution in [1.82, 2.24) is 10.6 Å². The first-order valence-corrected chi connectivity index (χ1v) is 13.9. The van der Waals surface area contributed by atoms with Crippen LogP contribution in [0.5, 0.6) is 0 Å². The Bertz CT molecular complexity index is 1040. The molecule has 0 fully saturated rings. The molecule has 0 aliphatic carbocycles. The van der Waals surface area contributed by atoms with Crippen LogP contribution >= 0.6 is 0 Å². The van der Waals surface area contributed by atoms with Crippen molar-refractivity contribution in [1.29, 1.82) is 0 Å². The molecule has 0 aromatic heterocycles. The predicted octanol–water partition coefficient (Wildman–Crippen LogP) is 5.60. The lowest BCUT2D eigenvalue weighted by molar-refractivity contribution is -0.132. The van der Waals surface area contributed by atoms with E-state index in [0.29, 0.717) is 50.3 Å². The zero-order chi connectivity index (χ0) is 28.9. The quantitative estimate of drug-likeness (QED) is 0.278. The van der Waals surface area contributed by atoms with E-state index in [0.717, 1.165) is 10.8 Å². The maximum Gasteiger partial charge on any atom is 0.252 e. The highest BCUT2D eigenvalue weighted by Crippen LogP contribution is 2.25. The van der Waals surface area contributed by atoms with Crippen molar-refractivity contribution in [3.8, 4) is 0 Å². The molecule has 0 saturated carbocycles. The Morgan fingerprint density at radius 3 is 2.21 bits per heavy atom. The molecule has 2 aromatic rings. The van der Waals surface area contributed by atoms with Crippen molar-refractivity contribution in [2.45, 2.75) is 92.7 Å². The predicted molar refractivity (Wildman–Crippen MR) is 156 cm³/mol. The van der Waals surface area contributed by atoms with E-state index >= 15 is 0 Å². The summed E-state index contributed by atoms with van der Waals surface area (Å²) in [6, 6.07) is 12.3. The van der Waals surface area contributed by atoms with Gasteiger partial charge in [0, 0.05) is 24.1 Å². The number of unbranched alkanes of at least 4 members (excludes halogenated alkanes) is 1. The minimum Gasteiger partial charge on any atom is -0.375 e.